The van der Waals surface area contributed by atoms with Crippen molar-refractivity contribution >= 4 is 45.7 Å². The van der Waals surface area contributed by atoms with Crippen LogP contribution in [0.15, 0.2) is 72.4 Å². The zero-order chi connectivity index (χ0) is 16.9. The van der Waals surface area contributed by atoms with Crippen LogP contribution in [0, 0.1) is 6.92 Å². The molecule has 3 aromatic rings. The van der Waals surface area contributed by atoms with Crippen molar-refractivity contribution in [1.29, 1.82) is 0 Å². The number of nitrogens with zero attached hydrogens (tertiary/aromatic N) is 1. The van der Waals surface area contributed by atoms with Gasteiger partial charge in [0.05, 0.1) is 0 Å². The zero-order valence-corrected chi connectivity index (χ0v) is 14.7. The molecule has 0 radical (unpaired) electrons. The fourth-order valence-electron chi connectivity index (χ4n) is 2.30. The third kappa shape index (κ3) is 3.53. The summed E-state index contributed by atoms with van der Waals surface area (Å²) in [7, 11) is 0. The second-order valence-electron chi connectivity index (χ2n) is 5.21. The molecule has 0 atom stereocenters. The second kappa shape index (κ2) is 7.38. The van der Waals surface area contributed by atoms with E-state index in [9.17, 15) is 5.11 Å². The fraction of sp³-hybridized carbons (Fsp3) is 0.0526. The first kappa shape index (κ1) is 16.4. The van der Waals surface area contributed by atoms with Gasteiger partial charge in [-0.3, -0.25) is 0 Å². The van der Waals surface area contributed by atoms with Gasteiger partial charge in [0, 0.05) is 22.7 Å². The maximum atomic E-state index is 12.9. The molecule has 0 aliphatic heterocycles. The summed E-state index contributed by atoms with van der Waals surface area (Å²) in [6.07, 6.45) is 3.65. The molecule has 0 spiro atoms. The average molecular weight is 352 g/mol. The van der Waals surface area contributed by atoms with Crippen LogP contribution in [0.4, 0.5) is 5.69 Å². The van der Waals surface area contributed by atoms with Gasteiger partial charge in [0.1, 0.15) is 0 Å². The number of nitrogens with one attached hydrogen (secondary N) is 1. The number of hydrogen-bond donors (Lipinski definition) is 1. The van der Waals surface area contributed by atoms with Gasteiger partial charge in [-0.05, 0) is 35.8 Å². The molecule has 120 valence electrons. The molecule has 1 aromatic carbocycles. The molecule has 24 heavy (non-hydrogen) atoms. The highest BCUT2D eigenvalue weighted by atomic mass is 32.1. The van der Waals surface area contributed by atoms with Crippen LogP contribution in [-0.4, -0.2) is 4.99 Å². The molecule has 0 aliphatic rings. The third-order valence-electron chi connectivity index (χ3n) is 3.54. The van der Waals surface area contributed by atoms with E-state index in [4.69, 9.17) is 12.2 Å². The maximum absolute atomic E-state index is 12.9. The van der Waals surface area contributed by atoms with Gasteiger partial charge in [-0.15, -0.1) is 11.3 Å². The Morgan fingerprint density at radius 2 is 1.79 bits per heavy atom. The van der Waals surface area contributed by atoms with Crippen molar-refractivity contribution in [2.45, 2.75) is 6.92 Å². The van der Waals surface area contributed by atoms with E-state index in [2.05, 4.69) is 5.32 Å². The molecule has 0 bridgehead atoms. The number of thiophene rings is 1. The van der Waals surface area contributed by atoms with Crippen LogP contribution in [0.2, 0.25) is 0 Å². The summed E-state index contributed by atoms with van der Waals surface area (Å²) in [5, 5.41) is 18.0. The molecule has 3 nitrogen and oxygen atoms in total. The minimum absolute atomic E-state index is 0.0905. The topological polar surface area (TPSA) is 39.0 Å². The highest BCUT2D eigenvalue weighted by Crippen LogP contribution is 2.21. The predicted molar refractivity (Wildman–Crippen MR) is 101 cm³/mol. The van der Waals surface area contributed by atoms with E-state index in [1.807, 2.05) is 79.3 Å². The molecule has 1 N–H and O–H groups in total. The lowest BCUT2D eigenvalue weighted by molar-refractivity contribution is -0.577. The van der Waals surface area contributed by atoms with Crippen LogP contribution < -0.4 is 15.0 Å². The fourth-order valence-corrected chi connectivity index (χ4v) is 3.28. The first-order valence-corrected chi connectivity index (χ1v) is 8.74. The van der Waals surface area contributed by atoms with Gasteiger partial charge in [0.15, 0.2) is 17.4 Å². The van der Waals surface area contributed by atoms with E-state index in [1.165, 1.54) is 11.3 Å². The Hall–Kier alpha value is -2.50. The molecule has 0 saturated heterocycles. The lowest BCUT2D eigenvalue weighted by Gasteiger charge is -2.16. The largest absolute Gasteiger partial charge is 0.867 e. The number of aryl methyl sites for hydroxylation is 1. The van der Waals surface area contributed by atoms with Crippen LogP contribution >= 0.6 is 23.6 Å². The van der Waals surface area contributed by atoms with Crippen molar-refractivity contribution in [3.8, 4) is 0 Å². The summed E-state index contributed by atoms with van der Waals surface area (Å²) in [6, 6.07) is 17.2. The van der Waals surface area contributed by atoms with Crippen LogP contribution in [-0.2, 0) is 0 Å². The van der Waals surface area contributed by atoms with Gasteiger partial charge in [-0.2, -0.15) is 4.57 Å². The number of benzene rings is 1. The Morgan fingerprint density at radius 1 is 1.04 bits per heavy atom. The standard InChI is InChI=1S/C19H16N2OS2/c1-14-8-3-4-9-15(14)20-19(23)17(21-11-5-2-6-12-21)18(22)16-10-7-13-24-16/h2-13H,1H3,(H-,20,22,23). The van der Waals surface area contributed by atoms with Crippen LogP contribution in [0.25, 0.3) is 11.5 Å². The summed E-state index contributed by atoms with van der Waals surface area (Å²) >= 11 is 6.97. The van der Waals surface area contributed by atoms with Crippen LogP contribution in [0.5, 0.6) is 0 Å². The van der Waals surface area contributed by atoms with Crippen molar-refractivity contribution in [3.63, 3.8) is 0 Å². The molecule has 0 unspecified atom stereocenters. The van der Waals surface area contributed by atoms with E-state index in [-0.39, 0.29) is 5.76 Å². The average Bonchev–Trinajstić information content (AvgIpc) is 3.13. The van der Waals surface area contributed by atoms with Gasteiger partial charge in [0.25, 0.3) is 0 Å². The normalized spacial score (nSPS) is 11.7. The first-order chi connectivity index (χ1) is 11.7. The minimum Gasteiger partial charge on any atom is -0.867 e. The molecular formula is C19H16N2OS2. The minimum atomic E-state index is -0.0905. The molecule has 3 rings (SSSR count). The zero-order valence-electron chi connectivity index (χ0n) is 13.1. The Labute approximate surface area is 150 Å². The number of pyridine rings is 1. The lowest BCUT2D eigenvalue weighted by Crippen LogP contribution is -2.39. The second-order valence-corrected chi connectivity index (χ2v) is 6.56. The van der Waals surface area contributed by atoms with Crippen molar-refractivity contribution in [2.75, 3.05) is 5.32 Å². The lowest BCUT2D eigenvalue weighted by atomic mass is 10.2. The van der Waals surface area contributed by atoms with Crippen LogP contribution in [0.3, 0.4) is 0 Å². The van der Waals surface area contributed by atoms with Crippen LogP contribution in [0.1, 0.15) is 10.4 Å². The van der Waals surface area contributed by atoms with E-state index in [1.54, 1.807) is 4.57 Å². The van der Waals surface area contributed by atoms with E-state index in [0.29, 0.717) is 15.6 Å². The molecule has 5 heteroatoms. The number of hydrogen-bond acceptors (Lipinski definition) is 3. The SMILES string of the molecule is Cc1ccccc1NC(=S)C(=C([O-])c1cccs1)[n+]1ccccc1. The number of anilines is 1. The summed E-state index contributed by atoms with van der Waals surface area (Å²) in [6.45, 7) is 2.00. The highest BCUT2D eigenvalue weighted by molar-refractivity contribution is 7.81. The highest BCUT2D eigenvalue weighted by Gasteiger charge is 2.19. The summed E-state index contributed by atoms with van der Waals surface area (Å²) in [5.74, 6) is -0.0905. The quantitative estimate of drug-likeness (QED) is 0.338. The van der Waals surface area contributed by atoms with E-state index in [0.717, 1.165) is 11.3 Å². The van der Waals surface area contributed by atoms with Crippen molar-refractivity contribution < 1.29 is 9.67 Å². The summed E-state index contributed by atoms with van der Waals surface area (Å²) in [5.41, 5.74) is 2.41. The smallest absolute Gasteiger partial charge is 0.239 e. The Balaban J connectivity index is 2.04. The van der Waals surface area contributed by atoms with Gasteiger partial charge < -0.3 is 10.4 Å². The molecule has 2 aromatic heterocycles. The Bertz CT molecular complexity index is 871. The van der Waals surface area contributed by atoms with Gasteiger partial charge in [-0.1, -0.05) is 42.5 Å². The summed E-state index contributed by atoms with van der Waals surface area (Å²) in [4.78, 5) is 1.06. The molecule has 2 heterocycles. The maximum Gasteiger partial charge on any atom is 0.239 e. The monoisotopic (exact) mass is 352 g/mol. The molecule has 0 fully saturated rings. The number of thiocarbonyl (C=S) groups is 1. The number of aromatic nitrogens is 1. The number of para-hydroxylation sites is 1. The molecule has 0 amide bonds. The van der Waals surface area contributed by atoms with E-state index < -0.39 is 0 Å². The number of rotatable bonds is 4. The van der Waals surface area contributed by atoms with E-state index >= 15 is 0 Å². The van der Waals surface area contributed by atoms with Gasteiger partial charge >= 0.3 is 0 Å². The van der Waals surface area contributed by atoms with Gasteiger partial charge in [0.2, 0.25) is 5.70 Å². The predicted octanol–water partition coefficient (Wildman–Crippen LogP) is 3.47. The molecule has 0 saturated carbocycles. The van der Waals surface area contributed by atoms with Crippen molar-refractivity contribution in [3.05, 3.63) is 82.8 Å². The summed E-state index contributed by atoms with van der Waals surface area (Å²) < 4.78 is 1.76. The Kier molecular flexibility index (Phi) is 5.03. The third-order valence-corrected chi connectivity index (χ3v) is 4.71. The van der Waals surface area contributed by atoms with Crippen molar-refractivity contribution in [1.82, 2.24) is 0 Å². The van der Waals surface area contributed by atoms with Gasteiger partial charge in [-0.25, -0.2) is 0 Å². The molecular weight excluding hydrogens is 336 g/mol. The Morgan fingerprint density at radius 3 is 2.46 bits per heavy atom. The van der Waals surface area contributed by atoms with Crippen molar-refractivity contribution in [2.24, 2.45) is 0 Å². The molecule has 0 aliphatic carbocycles. The first-order valence-electron chi connectivity index (χ1n) is 7.45.